The third kappa shape index (κ3) is 5.35. The molecule has 0 heterocycles. The number of amides is 1. The first-order valence-corrected chi connectivity index (χ1v) is 11.8. The molecular weight excluding hydrogens is 391 g/mol. The minimum Gasteiger partial charge on any atom is -0.348 e. The van der Waals surface area contributed by atoms with Crippen LogP contribution in [0.15, 0.2) is 42.5 Å². The van der Waals surface area contributed by atoms with Crippen LogP contribution in [-0.2, 0) is 27.7 Å². The van der Waals surface area contributed by atoms with Crippen LogP contribution in [0.4, 0.5) is 10.1 Å². The van der Waals surface area contributed by atoms with Gasteiger partial charge in [0, 0.05) is 0 Å². The van der Waals surface area contributed by atoms with E-state index in [1.54, 1.807) is 0 Å². The van der Waals surface area contributed by atoms with Gasteiger partial charge in [-0.05, 0) is 67.0 Å². The molecule has 0 spiro atoms. The molecule has 0 bridgehead atoms. The first kappa shape index (κ1) is 21.3. The Morgan fingerprint density at radius 3 is 2.52 bits per heavy atom. The summed E-state index contributed by atoms with van der Waals surface area (Å²) in [5.41, 5.74) is 3.86. The first-order chi connectivity index (χ1) is 13.8. The topological polar surface area (TPSA) is 66.5 Å². The van der Waals surface area contributed by atoms with Gasteiger partial charge in [-0.3, -0.25) is 9.10 Å². The molecule has 2 aromatic carbocycles. The summed E-state index contributed by atoms with van der Waals surface area (Å²) in [5.74, 6) is -0.985. The number of halogens is 1. The average Bonchev–Trinajstić information content (AvgIpc) is 2.69. The van der Waals surface area contributed by atoms with Crippen molar-refractivity contribution in [2.75, 3.05) is 17.1 Å². The summed E-state index contributed by atoms with van der Waals surface area (Å²) in [6, 6.07) is 11.4. The summed E-state index contributed by atoms with van der Waals surface area (Å²) < 4.78 is 38.9. The number of benzene rings is 2. The number of nitrogens with one attached hydrogen (secondary N) is 1. The number of hydrogen-bond acceptors (Lipinski definition) is 3. The van der Waals surface area contributed by atoms with Crippen LogP contribution < -0.4 is 9.62 Å². The second kappa shape index (κ2) is 8.95. The number of rotatable bonds is 7. The van der Waals surface area contributed by atoms with E-state index in [1.807, 2.05) is 13.0 Å². The SMILES string of the molecule is CC[C@H](NC(=O)CN(c1cccc(F)c1)S(C)(=O)=O)c1ccc2c(c1)CCCC2. The maximum absolute atomic E-state index is 13.6. The molecule has 1 amide bonds. The van der Waals surface area contributed by atoms with E-state index in [1.165, 1.54) is 42.2 Å². The van der Waals surface area contributed by atoms with Crippen LogP contribution in [0.3, 0.4) is 0 Å². The van der Waals surface area contributed by atoms with E-state index in [9.17, 15) is 17.6 Å². The van der Waals surface area contributed by atoms with Crippen molar-refractivity contribution in [3.05, 3.63) is 65.0 Å². The van der Waals surface area contributed by atoms with E-state index in [4.69, 9.17) is 0 Å². The Morgan fingerprint density at radius 2 is 1.86 bits per heavy atom. The van der Waals surface area contributed by atoms with Crippen molar-refractivity contribution in [3.8, 4) is 0 Å². The molecule has 0 saturated carbocycles. The predicted octanol–water partition coefficient (Wildman–Crippen LogP) is 3.74. The second-order valence-electron chi connectivity index (χ2n) is 7.51. The van der Waals surface area contributed by atoms with E-state index in [0.29, 0.717) is 6.42 Å². The number of carbonyl (C=O) groups excluding carboxylic acids is 1. The molecule has 156 valence electrons. The van der Waals surface area contributed by atoms with Gasteiger partial charge in [0.15, 0.2) is 0 Å². The molecule has 29 heavy (non-hydrogen) atoms. The predicted molar refractivity (Wildman–Crippen MR) is 113 cm³/mol. The van der Waals surface area contributed by atoms with Gasteiger partial charge >= 0.3 is 0 Å². The maximum Gasteiger partial charge on any atom is 0.241 e. The van der Waals surface area contributed by atoms with Gasteiger partial charge in [0.1, 0.15) is 12.4 Å². The number of anilines is 1. The molecule has 7 heteroatoms. The van der Waals surface area contributed by atoms with Crippen molar-refractivity contribution < 1.29 is 17.6 Å². The van der Waals surface area contributed by atoms with Gasteiger partial charge in [-0.1, -0.05) is 31.2 Å². The van der Waals surface area contributed by atoms with Crippen LogP contribution in [0, 0.1) is 5.82 Å². The molecule has 0 fully saturated rings. The summed E-state index contributed by atoms with van der Waals surface area (Å²) in [5, 5.41) is 2.94. The molecule has 3 rings (SSSR count). The second-order valence-corrected chi connectivity index (χ2v) is 9.42. The van der Waals surface area contributed by atoms with Gasteiger partial charge in [0.2, 0.25) is 15.9 Å². The van der Waals surface area contributed by atoms with Crippen LogP contribution in [0.1, 0.15) is 48.9 Å². The van der Waals surface area contributed by atoms with Crippen LogP contribution in [0.25, 0.3) is 0 Å². The third-order valence-electron chi connectivity index (χ3n) is 5.30. The van der Waals surface area contributed by atoms with Crippen LogP contribution in [0.2, 0.25) is 0 Å². The fourth-order valence-corrected chi connectivity index (χ4v) is 4.64. The molecule has 1 aliphatic carbocycles. The molecule has 2 aromatic rings. The van der Waals surface area contributed by atoms with Crippen molar-refractivity contribution >= 4 is 21.6 Å². The Bertz CT molecular complexity index is 991. The Morgan fingerprint density at radius 1 is 1.14 bits per heavy atom. The Kier molecular flexibility index (Phi) is 6.57. The molecule has 0 aromatic heterocycles. The highest BCUT2D eigenvalue weighted by molar-refractivity contribution is 7.92. The summed E-state index contributed by atoms with van der Waals surface area (Å²) in [6.07, 6.45) is 6.22. The maximum atomic E-state index is 13.6. The van der Waals surface area contributed by atoms with Crippen molar-refractivity contribution in [2.45, 2.75) is 45.1 Å². The highest BCUT2D eigenvalue weighted by Gasteiger charge is 2.23. The molecule has 1 N–H and O–H groups in total. The lowest BCUT2D eigenvalue weighted by molar-refractivity contribution is -0.120. The summed E-state index contributed by atoms with van der Waals surface area (Å²) in [4.78, 5) is 12.7. The van der Waals surface area contributed by atoms with E-state index in [2.05, 4.69) is 17.4 Å². The summed E-state index contributed by atoms with van der Waals surface area (Å²) in [6.45, 7) is 1.58. The Hall–Kier alpha value is -2.41. The number of nitrogens with zero attached hydrogens (tertiary/aromatic N) is 1. The standard InChI is InChI=1S/C22H27FN2O3S/c1-3-21(18-12-11-16-7-4-5-8-17(16)13-18)24-22(26)15-25(29(2,27)28)20-10-6-9-19(23)14-20/h6,9-14,21H,3-5,7-8,15H2,1-2H3,(H,24,26)/t21-/m0/s1. The van der Waals surface area contributed by atoms with Gasteiger partial charge in [-0.25, -0.2) is 12.8 Å². The lowest BCUT2D eigenvalue weighted by Gasteiger charge is -2.25. The summed E-state index contributed by atoms with van der Waals surface area (Å²) >= 11 is 0. The number of sulfonamides is 1. The number of carbonyl (C=O) groups is 1. The molecule has 1 atom stereocenters. The zero-order valence-corrected chi connectivity index (χ0v) is 17.6. The summed E-state index contributed by atoms with van der Waals surface area (Å²) in [7, 11) is -3.74. The molecular formula is C22H27FN2O3S. The minimum atomic E-state index is -3.74. The van der Waals surface area contributed by atoms with Crippen LogP contribution in [0.5, 0.6) is 0 Å². The fraction of sp³-hybridized carbons (Fsp3) is 0.409. The molecule has 0 unspecified atom stereocenters. The van der Waals surface area contributed by atoms with Crippen molar-refractivity contribution in [2.24, 2.45) is 0 Å². The van der Waals surface area contributed by atoms with E-state index in [0.717, 1.165) is 35.0 Å². The van der Waals surface area contributed by atoms with Gasteiger partial charge in [-0.2, -0.15) is 0 Å². The number of hydrogen-bond donors (Lipinski definition) is 1. The van der Waals surface area contributed by atoms with Gasteiger partial charge in [0.25, 0.3) is 0 Å². The Labute approximate surface area is 172 Å². The number of fused-ring (bicyclic) bond motifs is 1. The monoisotopic (exact) mass is 418 g/mol. The molecule has 0 radical (unpaired) electrons. The van der Waals surface area contributed by atoms with Crippen LogP contribution in [-0.4, -0.2) is 27.1 Å². The number of aryl methyl sites for hydroxylation is 2. The van der Waals surface area contributed by atoms with E-state index >= 15 is 0 Å². The van der Waals surface area contributed by atoms with E-state index < -0.39 is 28.3 Å². The first-order valence-electron chi connectivity index (χ1n) is 9.92. The van der Waals surface area contributed by atoms with E-state index in [-0.39, 0.29) is 11.7 Å². The zero-order chi connectivity index (χ0) is 21.0. The normalized spacial score (nSPS) is 14.7. The highest BCUT2D eigenvalue weighted by atomic mass is 32.2. The Balaban J connectivity index is 1.76. The third-order valence-corrected chi connectivity index (χ3v) is 6.44. The lowest BCUT2D eigenvalue weighted by atomic mass is 9.89. The minimum absolute atomic E-state index is 0.129. The quantitative estimate of drug-likeness (QED) is 0.745. The highest BCUT2D eigenvalue weighted by Crippen LogP contribution is 2.26. The molecule has 5 nitrogen and oxygen atoms in total. The van der Waals surface area contributed by atoms with Gasteiger partial charge < -0.3 is 5.32 Å². The van der Waals surface area contributed by atoms with Crippen LogP contribution >= 0.6 is 0 Å². The van der Waals surface area contributed by atoms with Crippen molar-refractivity contribution in [1.29, 1.82) is 0 Å². The molecule has 0 aliphatic heterocycles. The lowest BCUT2D eigenvalue weighted by Crippen LogP contribution is -2.41. The molecule has 1 aliphatic rings. The molecule has 0 saturated heterocycles. The smallest absolute Gasteiger partial charge is 0.241 e. The van der Waals surface area contributed by atoms with Gasteiger partial charge in [0.05, 0.1) is 18.0 Å². The zero-order valence-electron chi connectivity index (χ0n) is 16.8. The van der Waals surface area contributed by atoms with Crippen molar-refractivity contribution in [1.82, 2.24) is 5.32 Å². The van der Waals surface area contributed by atoms with Gasteiger partial charge in [-0.15, -0.1) is 0 Å². The van der Waals surface area contributed by atoms with Crippen molar-refractivity contribution in [3.63, 3.8) is 0 Å². The fourth-order valence-electron chi connectivity index (χ4n) is 3.79. The largest absolute Gasteiger partial charge is 0.348 e. The average molecular weight is 419 g/mol.